The van der Waals surface area contributed by atoms with Crippen molar-refractivity contribution in [2.45, 2.75) is 26.3 Å². The molecule has 2 heterocycles. The van der Waals surface area contributed by atoms with E-state index in [2.05, 4.69) is 20.6 Å². The number of anilines is 2. The highest BCUT2D eigenvalue weighted by atomic mass is 16.2. The number of hydrogen-bond donors (Lipinski definition) is 3. The number of carbonyl (C=O) groups is 2. The van der Waals surface area contributed by atoms with Crippen LogP contribution in [0.1, 0.15) is 19.4 Å². The zero-order valence-corrected chi connectivity index (χ0v) is 17.4. The van der Waals surface area contributed by atoms with E-state index >= 15 is 0 Å². The van der Waals surface area contributed by atoms with Gasteiger partial charge in [0.05, 0.1) is 6.07 Å². The second-order valence-electron chi connectivity index (χ2n) is 7.60. The average Bonchev–Trinajstić information content (AvgIpc) is 2.72. The number of nitrogens with one attached hydrogen (secondary N) is 2. The van der Waals surface area contributed by atoms with Crippen molar-refractivity contribution >= 4 is 34.1 Å². The normalized spacial score (nSPS) is 11.3. The molecule has 3 aromatic rings. The highest BCUT2D eigenvalue weighted by Gasteiger charge is 2.17. The van der Waals surface area contributed by atoms with Crippen LogP contribution in [0.4, 0.5) is 11.5 Å². The predicted octanol–water partition coefficient (Wildman–Crippen LogP) is 3.10. The molecule has 0 aliphatic carbocycles. The molecule has 0 fully saturated rings. The molecule has 3 rings (SSSR count). The maximum absolute atomic E-state index is 12.2. The summed E-state index contributed by atoms with van der Waals surface area (Å²) in [4.78, 5) is 32.4. The molecule has 0 atom stereocenters. The molecule has 31 heavy (non-hydrogen) atoms. The molecule has 4 N–H and O–H groups in total. The molecule has 0 radical (unpaired) electrons. The van der Waals surface area contributed by atoms with E-state index in [-0.39, 0.29) is 0 Å². The topological polar surface area (TPSA) is 134 Å². The Kier molecular flexibility index (Phi) is 5.97. The molecule has 156 valence electrons. The Bertz CT molecular complexity index is 1240. The van der Waals surface area contributed by atoms with Crippen LogP contribution in [-0.4, -0.2) is 27.3 Å². The zero-order valence-electron chi connectivity index (χ0n) is 17.4. The fraction of sp³-hybridized carbons (Fsp3) is 0.174. The molecular weight excluding hydrogens is 392 g/mol. The van der Waals surface area contributed by atoms with Crippen molar-refractivity contribution in [2.24, 2.45) is 0 Å². The number of amides is 2. The molecular formula is C23H22N6O2. The number of nitrogen functional groups attached to an aromatic ring is 1. The molecule has 2 aromatic heterocycles. The first-order valence-corrected chi connectivity index (χ1v) is 9.51. The summed E-state index contributed by atoms with van der Waals surface area (Å²) in [6.45, 7) is 5.12. The number of benzene rings is 1. The molecule has 0 aliphatic heterocycles. The van der Waals surface area contributed by atoms with Gasteiger partial charge < -0.3 is 16.4 Å². The second kappa shape index (κ2) is 8.63. The molecule has 0 unspecified atom stereocenters. The highest BCUT2D eigenvalue weighted by Crippen LogP contribution is 2.31. The molecule has 8 nitrogen and oxygen atoms in total. The van der Waals surface area contributed by atoms with E-state index in [4.69, 9.17) is 11.0 Å². The lowest BCUT2D eigenvalue weighted by molar-refractivity contribution is -0.118. The van der Waals surface area contributed by atoms with Crippen LogP contribution in [0, 0.1) is 18.3 Å². The summed E-state index contributed by atoms with van der Waals surface area (Å²) in [6.07, 6.45) is 7.25. The van der Waals surface area contributed by atoms with Gasteiger partial charge in [0, 0.05) is 47.4 Å². The van der Waals surface area contributed by atoms with E-state index in [9.17, 15) is 9.59 Å². The number of aryl methyl sites for hydroxylation is 1. The van der Waals surface area contributed by atoms with E-state index in [1.165, 1.54) is 0 Å². The third kappa shape index (κ3) is 5.22. The third-order valence-electron chi connectivity index (χ3n) is 4.57. The molecule has 0 saturated carbocycles. The maximum atomic E-state index is 12.2. The minimum absolute atomic E-state index is 0.319. The molecule has 2 amide bonds. The van der Waals surface area contributed by atoms with Crippen molar-refractivity contribution in [1.29, 1.82) is 5.26 Å². The number of aromatic nitrogens is 2. The van der Waals surface area contributed by atoms with Crippen LogP contribution in [0.3, 0.4) is 0 Å². The number of carbonyl (C=O) groups excluding carboxylic acids is 2. The van der Waals surface area contributed by atoms with Crippen LogP contribution in [0.15, 0.2) is 55.0 Å². The van der Waals surface area contributed by atoms with Crippen LogP contribution < -0.4 is 16.4 Å². The van der Waals surface area contributed by atoms with Crippen LogP contribution in [0.2, 0.25) is 0 Å². The lowest BCUT2D eigenvalue weighted by Gasteiger charge is -2.15. The minimum atomic E-state index is -1.03. The van der Waals surface area contributed by atoms with Crippen LogP contribution in [-0.2, 0) is 9.59 Å². The fourth-order valence-electron chi connectivity index (χ4n) is 2.97. The summed E-state index contributed by atoms with van der Waals surface area (Å²) < 4.78 is 0. The van der Waals surface area contributed by atoms with Crippen molar-refractivity contribution in [3.05, 3.63) is 60.6 Å². The van der Waals surface area contributed by atoms with Gasteiger partial charge in [0.2, 0.25) is 11.8 Å². The van der Waals surface area contributed by atoms with Crippen molar-refractivity contribution in [3.8, 4) is 17.2 Å². The number of rotatable bonds is 5. The lowest BCUT2D eigenvalue weighted by atomic mass is 9.99. The molecule has 8 heteroatoms. The Hall–Kier alpha value is -4.25. The van der Waals surface area contributed by atoms with Crippen molar-refractivity contribution < 1.29 is 9.59 Å². The van der Waals surface area contributed by atoms with Gasteiger partial charge in [-0.1, -0.05) is 0 Å². The third-order valence-corrected chi connectivity index (χ3v) is 4.57. The summed E-state index contributed by atoms with van der Waals surface area (Å²) in [5, 5.41) is 15.6. The van der Waals surface area contributed by atoms with E-state index in [1.807, 2.05) is 31.2 Å². The van der Waals surface area contributed by atoms with E-state index < -0.39 is 17.4 Å². The second-order valence-corrected chi connectivity index (χ2v) is 7.60. The van der Waals surface area contributed by atoms with Crippen LogP contribution >= 0.6 is 0 Å². The Balaban J connectivity index is 1.81. The first kappa shape index (κ1) is 21.5. The lowest BCUT2D eigenvalue weighted by Crippen LogP contribution is -2.41. The van der Waals surface area contributed by atoms with Gasteiger partial charge in [-0.15, -0.1) is 0 Å². The monoisotopic (exact) mass is 414 g/mol. The predicted molar refractivity (Wildman–Crippen MR) is 120 cm³/mol. The van der Waals surface area contributed by atoms with E-state index in [0.717, 1.165) is 39.6 Å². The quantitative estimate of drug-likeness (QED) is 0.434. The van der Waals surface area contributed by atoms with Gasteiger partial charge >= 0.3 is 0 Å². The highest BCUT2D eigenvalue weighted by molar-refractivity contribution is 6.04. The van der Waals surface area contributed by atoms with Gasteiger partial charge in [-0.05, 0) is 61.5 Å². The molecule has 0 bridgehead atoms. The summed E-state index contributed by atoms with van der Waals surface area (Å²) in [5.41, 5.74) is 8.70. The van der Waals surface area contributed by atoms with Gasteiger partial charge in [0.15, 0.2) is 0 Å². The number of fused-ring (bicyclic) bond motifs is 1. The number of nitriles is 1. The summed E-state index contributed by atoms with van der Waals surface area (Å²) in [5.74, 6) is -0.749. The number of nitrogens with zero attached hydrogens (tertiary/aromatic N) is 3. The number of pyridine rings is 2. The van der Waals surface area contributed by atoms with Crippen molar-refractivity contribution in [1.82, 2.24) is 15.3 Å². The SMILES string of the molecule is Cc1ccncc1-c1cc(N)c2cnc(NC(=O)/C=C\C(=O)NC(C)(C)C#N)cc2c1. The van der Waals surface area contributed by atoms with Gasteiger partial charge in [-0.2, -0.15) is 5.26 Å². The van der Waals surface area contributed by atoms with Crippen LogP contribution in [0.5, 0.6) is 0 Å². The zero-order chi connectivity index (χ0) is 22.6. The summed E-state index contributed by atoms with van der Waals surface area (Å²) >= 11 is 0. The Morgan fingerprint density at radius 3 is 2.61 bits per heavy atom. The maximum Gasteiger partial charge on any atom is 0.249 e. The smallest absolute Gasteiger partial charge is 0.249 e. The molecule has 0 aliphatic rings. The van der Waals surface area contributed by atoms with Crippen molar-refractivity contribution in [2.75, 3.05) is 11.1 Å². The summed E-state index contributed by atoms with van der Waals surface area (Å²) in [6, 6.07) is 9.42. The first-order valence-electron chi connectivity index (χ1n) is 9.51. The van der Waals surface area contributed by atoms with E-state index in [0.29, 0.717) is 11.5 Å². The molecule has 0 spiro atoms. The Morgan fingerprint density at radius 1 is 1.16 bits per heavy atom. The molecule has 0 saturated heterocycles. The first-order chi connectivity index (χ1) is 14.7. The van der Waals surface area contributed by atoms with Gasteiger partial charge in [-0.3, -0.25) is 14.6 Å². The minimum Gasteiger partial charge on any atom is -0.398 e. The van der Waals surface area contributed by atoms with Gasteiger partial charge in [-0.25, -0.2) is 4.98 Å². The average molecular weight is 414 g/mol. The largest absolute Gasteiger partial charge is 0.398 e. The molecule has 1 aromatic carbocycles. The Morgan fingerprint density at radius 2 is 1.90 bits per heavy atom. The van der Waals surface area contributed by atoms with Gasteiger partial charge in [0.1, 0.15) is 11.4 Å². The van der Waals surface area contributed by atoms with Gasteiger partial charge in [0.25, 0.3) is 0 Å². The number of hydrogen-bond acceptors (Lipinski definition) is 6. The Labute approximate surface area is 179 Å². The summed E-state index contributed by atoms with van der Waals surface area (Å²) in [7, 11) is 0. The van der Waals surface area contributed by atoms with Crippen LogP contribution in [0.25, 0.3) is 21.9 Å². The standard InChI is InChI=1S/C23H22N6O2/c1-14-6-7-26-11-17(14)15-8-16-10-20(27-12-18(16)19(25)9-15)28-21(30)4-5-22(31)29-23(2,3)13-24/h4-12H,25H2,1-3H3,(H,29,31)(H,27,28,30)/b5-4-. The van der Waals surface area contributed by atoms with E-state index in [1.54, 1.807) is 38.5 Å². The number of nitrogens with two attached hydrogens (primary N) is 1. The van der Waals surface area contributed by atoms with Crippen molar-refractivity contribution in [3.63, 3.8) is 0 Å². The fourth-order valence-corrected chi connectivity index (χ4v) is 2.97.